The predicted molar refractivity (Wildman–Crippen MR) is 84.9 cm³/mol. The van der Waals surface area contributed by atoms with Gasteiger partial charge in [0.05, 0.1) is 18.7 Å². The summed E-state index contributed by atoms with van der Waals surface area (Å²) in [6.07, 6.45) is 1.84. The third-order valence-corrected chi connectivity index (χ3v) is 4.17. The molecule has 0 atom stereocenters. The minimum atomic E-state index is -0.208. The van der Waals surface area contributed by atoms with Crippen molar-refractivity contribution in [3.8, 4) is 11.3 Å². The molecule has 0 fully saturated rings. The number of H-pyrrole nitrogens is 2. The molecule has 1 aromatic heterocycles. The molecule has 0 spiro atoms. The molecule has 2 aromatic rings. The fourth-order valence-electron chi connectivity index (χ4n) is 3.07. The number of benzene rings is 1. The molecule has 0 amide bonds. The zero-order chi connectivity index (χ0) is 15.3. The standard InChI is InChI=1S/C17H14N2O3/c20-7-9-4-12-13-6-15-11(2-1-3-18-15)16(13)19-17(22)14(12)5-10(9)8-21/h1-6,18,20-21H,7-8H2,(H,19,22). The van der Waals surface area contributed by atoms with Crippen LogP contribution in [0.25, 0.3) is 32.9 Å². The molecule has 4 rings (SSSR count). The lowest BCUT2D eigenvalue weighted by molar-refractivity contribution is 0.260. The second kappa shape index (κ2) is 4.69. The van der Waals surface area contributed by atoms with Gasteiger partial charge in [-0.1, -0.05) is 0 Å². The van der Waals surface area contributed by atoms with E-state index in [1.165, 1.54) is 0 Å². The fraction of sp³-hybridized carbons (Fsp3) is 0.118. The summed E-state index contributed by atoms with van der Waals surface area (Å²) in [5, 5.41) is 21.1. The molecule has 4 N–H and O–H groups in total. The van der Waals surface area contributed by atoms with E-state index in [1.54, 1.807) is 12.1 Å². The Balaban J connectivity index is 2.23. The number of rotatable bonds is 2. The third kappa shape index (κ3) is 1.70. The summed E-state index contributed by atoms with van der Waals surface area (Å²) in [5.74, 6) is 0. The predicted octanol–water partition coefficient (Wildman–Crippen LogP) is 2.10. The summed E-state index contributed by atoms with van der Waals surface area (Å²) in [6, 6.07) is 9.27. The van der Waals surface area contributed by atoms with Gasteiger partial charge in [0.25, 0.3) is 5.56 Å². The molecule has 1 aromatic carbocycles. The summed E-state index contributed by atoms with van der Waals surface area (Å²) in [7, 11) is 0. The van der Waals surface area contributed by atoms with Crippen molar-refractivity contribution in [1.29, 1.82) is 0 Å². The third-order valence-electron chi connectivity index (χ3n) is 4.17. The first kappa shape index (κ1) is 13.1. The molecule has 22 heavy (non-hydrogen) atoms. The Bertz CT molecular complexity index is 1030. The Kier molecular flexibility index (Phi) is 2.79. The molecule has 0 bridgehead atoms. The molecule has 0 saturated carbocycles. The first-order valence-electron chi connectivity index (χ1n) is 7.02. The van der Waals surface area contributed by atoms with E-state index in [1.807, 2.05) is 24.4 Å². The number of hydrogen-bond acceptors (Lipinski definition) is 3. The van der Waals surface area contributed by atoms with E-state index < -0.39 is 0 Å². The maximum atomic E-state index is 12.4. The monoisotopic (exact) mass is 294 g/mol. The van der Waals surface area contributed by atoms with E-state index in [0.29, 0.717) is 16.5 Å². The van der Waals surface area contributed by atoms with Crippen molar-refractivity contribution in [2.75, 3.05) is 0 Å². The van der Waals surface area contributed by atoms with Crippen LogP contribution in [0.1, 0.15) is 11.1 Å². The molecular weight excluding hydrogens is 280 g/mol. The molecular formula is C17H14N2O3. The van der Waals surface area contributed by atoms with Crippen molar-refractivity contribution in [3.63, 3.8) is 0 Å². The molecule has 110 valence electrons. The summed E-state index contributed by atoms with van der Waals surface area (Å²) in [4.78, 5) is 18.5. The van der Waals surface area contributed by atoms with Crippen LogP contribution in [0.5, 0.6) is 0 Å². The number of aromatic amines is 2. The molecule has 5 nitrogen and oxygen atoms in total. The van der Waals surface area contributed by atoms with Crippen LogP contribution in [0.4, 0.5) is 0 Å². The van der Waals surface area contributed by atoms with Gasteiger partial charge in [-0.05, 0) is 46.8 Å². The van der Waals surface area contributed by atoms with Gasteiger partial charge in [-0.2, -0.15) is 0 Å². The van der Waals surface area contributed by atoms with E-state index >= 15 is 0 Å². The largest absolute Gasteiger partial charge is 0.392 e. The number of fused-ring (bicyclic) bond motifs is 5. The minimum Gasteiger partial charge on any atom is -0.392 e. The van der Waals surface area contributed by atoms with Gasteiger partial charge in [-0.3, -0.25) is 4.79 Å². The lowest BCUT2D eigenvalue weighted by atomic mass is 10.0. The topological polar surface area (TPSA) is 89.1 Å². The van der Waals surface area contributed by atoms with E-state index in [-0.39, 0.29) is 18.8 Å². The van der Waals surface area contributed by atoms with Crippen molar-refractivity contribution in [3.05, 3.63) is 58.0 Å². The highest BCUT2D eigenvalue weighted by atomic mass is 16.3. The van der Waals surface area contributed by atoms with Crippen molar-refractivity contribution in [1.82, 2.24) is 9.97 Å². The van der Waals surface area contributed by atoms with Gasteiger partial charge in [0, 0.05) is 28.2 Å². The van der Waals surface area contributed by atoms with Crippen LogP contribution in [0.2, 0.25) is 0 Å². The quantitative estimate of drug-likeness (QED) is 0.456. The lowest BCUT2D eigenvalue weighted by Gasteiger charge is -2.08. The molecule has 2 aliphatic rings. The van der Waals surface area contributed by atoms with Crippen molar-refractivity contribution in [2.24, 2.45) is 0 Å². The van der Waals surface area contributed by atoms with Gasteiger partial charge in [0.15, 0.2) is 0 Å². The molecule has 0 radical (unpaired) electrons. The van der Waals surface area contributed by atoms with E-state index in [0.717, 1.165) is 27.5 Å². The second-order valence-electron chi connectivity index (χ2n) is 5.37. The molecule has 0 unspecified atom stereocenters. The van der Waals surface area contributed by atoms with Crippen LogP contribution in [0.15, 0.2) is 41.3 Å². The van der Waals surface area contributed by atoms with Crippen molar-refractivity contribution >= 4 is 21.7 Å². The van der Waals surface area contributed by atoms with E-state index in [2.05, 4.69) is 9.97 Å². The zero-order valence-electron chi connectivity index (χ0n) is 11.7. The van der Waals surface area contributed by atoms with E-state index in [4.69, 9.17) is 0 Å². The average Bonchev–Trinajstić information content (AvgIpc) is 2.92. The minimum absolute atomic E-state index is 0.174. The number of aliphatic hydroxyl groups excluding tert-OH is 2. The summed E-state index contributed by atoms with van der Waals surface area (Å²) < 4.78 is 0. The van der Waals surface area contributed by atoms with Crippen LogP contribution in [0.3, 0.4) is 0 Å². The number of aliphatic hydroxyl groups is 2. The Morgan fingerprint density at radius 1 is 0.955 bits per heavy atom. The Morgan fingerprint density at radius 2 is 1.68 bits per heavy atom. The number of aromatic nitrogens is 2. The van der Waals surface area contributed by atoms with Gasteiger partial charge in [-0.25, -0.2) is 0 Å². The lowest BCUT2D eigenvalue weighted by Crippen LogP contribution is -2.07. The average molecular weight is 294 g/mol. The Morgan fingerprint density at radius 3 is 2.41 bits per heavy atom. The summed E-state index contributed by atoms with van der Waals surface area (Å²) in [5.41, 5.74) is 3.69. The molecule has 5 heteroatoms. The summed E-state index contributed by atoms with van der Waals surface area (Å²) >= 11 is 0. The van der Waals surface area contributed by atoms with Crippen molar-refractivity contribution < 1.29 is 10.2 Å². The Labute approximate surface area is 125 Å². The molecule has 0 saturated heterocycles. The zero-order valence-corrected chi connectivity index (χ0v) is 11.7. The normalized spacial score (nSPS) is 11.7. The van der Waals surface area contributed by atoms with Crippen LogP contribution in [-0.4, -0.2) is 20.2 Å². The Hall–Kier alpha value is -2.63. The number of hydrogen-bond donors (Lipinski definition) is 4. The van der Waals surface area contributed by atoms with Gasteiger partial charge in [-0.15, -0.1) is 0 Å². The first-order chi connectivity index (χ1) is 10.7. The maximum Gasteiger partial charge on any atom is 0.256 e. The molecule has 1 aliphatic heterocycles. The SMILES string of the molecule is O=c1[nH]c2c3ccc[nH]c-3cc2c2cc(CO)c(CO)cc12. The highest BCUT2D eigenvalue weighted by Gasteiger charge is 2.16. The van der Waals surface area contributed by atoms with Gasteiger partial charge in [0.1, 0.15) is 0 Å². The van der Waals surface area contributed by atoms with Gasteiger partial charge < -0.3 is 20.2 Å². The first-order valence-corrected chi connectivity index (χ1v) is 7.02. The van der Waals surface area contributed by atoms with Crippen LogP contribution in [-0.2, 0) is 13.2 Å². The summed E-state index contributed by atoms with van der Waals surface area (Å²) in [6.45, 7) is -0.382. The van der Waals surface area contributed by atoms with Crippen LogP contribution in [0, 0.1) is 0 Å². The van der Waals surface area contributed by atoms with Crippen molar-refractivity contribution in [2.45, 2.75) is 13.2 Å². The van der Waals surface area contributed by atoms with E-state index in [9.17, 15) is 15.0 Å². The number of nitrogens with one attached hydrogen (secondary N) is 2. The van der Waals surface area contributed by atoms with Crippen LogP contribution < -0.4 is 5.56 Å². The maximum absolute atomic E-state index is 12.4. The van der Waals surface area contributed by atoms with Gasteiger partial charge in [0.2, 0.25) is 0 Å². The molecule has 1 aliphatic carbocycles. The number of pyridine rings is 2. The fourth-order valence-corrected chi connectivity index (χ4v) is 3.07. The second-order valence-corrected chi connectivity index (χ2v) is 5.37. The van der Waals surface area contributed by atoms with Crippen LogP contribution >= 0.6 is 0 Å². The smallest absolute Gasteiger partial charge is 0.256 e. The van der Waals surface area contributed by atoms with Gasteiger partial charge >= 0.3 is 0 Å². The molecule has 2 heterocycles. The highest BCUT2D eigenvalue weighted by Crippen LogP contribution is 2.34. The highest BCUT2D eigenvalue weighted by molar-refractivity contribution is 6.13.